The zero-order valence-electron chi connectivity index (χ0n) is 18.2. The summed E-state index contributed by atoms with van der Waals surface area (Å²) in [5.74, 6) is 1.61. The number of hydrogen-bond donors (Lipinski definition) is 0. The van der Waals surface area contributed by atoms with Crippen molar-refractivity contribution in [1.29, 1.82) is 0 Å². The van der Waals surface area contributed by atoms with Crippen LogP contribution in [0.4, 0.5) is 0 Å². The van der Waals surface area contributed by atoms with Crippen molar-refractivity contribution >= 4 is 27.5 Å². The average Bonchev–Trinajstić information content (AvgIpc) is 3.48. The molecule has 1 amide bonds. The number of carbonyl (C=O) groups excluding carboxylic acids is 1. The van der Waals surface area contributed by atoms with Gasteiger partial charge in [0.25, 0.3) is 0 Å². The Balaban J connectivity index is 1.32. The topological polar surface area (TPSA) is 85.2 Å². The average molecular weight is 483 g/mol. The summed E-state index contributed by atoms with van der Waals surface area (Å²) in [6.07, 6.45) is 2.70. The van der Waals surface area contributed by atoms with Gasteiger partial charge in [-0.3, -0.25) is 4.79 Å². The summed E-state index contributed by atoms with van der Waals surface area (Å²) in [5, 5.41) is 5.26. The molecule has 1 aromatic heterocycles. The maximum absolute atomic E-state index is 13.3. The Bertz CT molecular complexity index is 1230. The summed E-state index contributed by atoms with van der Waals surface area (Å²) in [4.78, 5) is 19.7. The van der Waals surface area contributed by atoms with Crippen molar-refractivity contribution in [1.82, 2.24) is 19.7 Å². The molecule has 3 aromatic rings. The van der Waals surface area contributed by atoms with Crippen molar-refractivity contribution in [2.45, 2.75) is 42.9 Å². The molecule has 33 heavy (non-hydrogen) atoms. The second kappa shape index (κ2) is 9.30. The van der Waals surface area contributed by atoms with E-state index in [9.17, 15) is 13.2 Å². The highest BCUT2D eigenvalue weighted by Crippen LogP contribution is 2.40. The Labute approximate surface area is 198 Å². The number of carbonyl (C=O) groups is 1. The minimum Gasteiger partial charge on any atom is -0.334 e. The summed E-state index contributed by atoms with van der Waals surface area (Å²) in [6.45, 7) is 0.402. The minimum absolute atomic E-state index is 0.0307. The van der Waals surface area contributed by atoms with Crippen LogP contribution in [-0.4, -0.2) is 57.3 Å². The molecule has 1 saturated carbocycles. The highest BCUT2D eigenvalue weighted by atomic mass is 32.2. The van der Waals surface area contributed by atoms with Gasteiger partial charge >= 0.3 is 0 Å². The second-order valence-electron chi connectivity index (χ2n) is 8.63. The highest BCUT2D eigenvalue weighted by Gasteiger charge is 2.35. The predicted octanol–water partition coefficient (Wildman–Crippen LogP) is 3.45. The van der Waals surface area contributed by atoms with Crippen molar-refractivity contribution in [3.8, 4) is 5.69 Å². The molecule has 2 aliphatic rings. The summed E-state index contributed by atoms with van der Waals surface area (Å²) in [5.41, 5.74) is 1.95. The molecule has 0 unspecified atom stereocenters. The fourth-order valence-electron chi connectivity index (χ4n) is 4.16. The van der Waals surface area contributed by atoms with Crippen LogP contribution in [0.2, 0.25) is 0 Å². The molecule has 1 saturated heterocycles. The molecule has 0 bridgehead atoms. The van der Waals surface area contributed by atoms with Gasteiger partial charge in [-0.1, -0.05) is 60.3 Å². The summed E-state index contributed by atoms with van der Waals surface area (Å²) < 4.78 is 26.0. The quantitative estimate of drug-likeness (QED) is 0.457. The summed E-state index contributed by atoms with van der Waals surface area (Å²) >= 11 is 1.32. The van der Waals surface area contributed by atoms with Crippen molar-refractivity contribution in [2.75, 3.05) is 17.3 Å². The molecule has 7 nitrogen and oxygen atoms in total. The maximum atomic E-state index is 13.3. The summed E-state index contributed by atoms with van der Waals surface area (Å²) in [7, 11) is -3.10. The van der Waals surface area contributed by atoms with Crippen LogP contribution in [-0.2, 0) is 21.2 Å². The smallest absolute Gasteiger partial charge is 0.233 e. The van der Waals surface area contributed by atoms with Gasteiger partial charge in [-0.2, -0.15) is 0 Å². The number of thioether (sulfide) groups is 1. The van der Waals surface area contributed by atoms with Gasteiger partial charge in [0.2, 0.25) is 11.1 Å². The standard InChI is InChI=1S/C24H26N4O3S2/c29-22(27(15-18-7-3-1-4-8-18)21-13-14-33(30,31)17-21)16-32-24-25-23(19-11-12-19)28(26-24)20-9-5-2-6-10-20/h1-10,19,21H,11-17H2/t21-/m1/s1. The third-order valence-corrected chi connectivity index (χ3v) is 8.62. The Morgan fingerprint density at radius 2 is 1.73 bits per heavy atom. The first kappa shape index (κ1) is 22.2. The van der Waals surface area contributed by atoms with Crippen molar-refractivity contribution < 1.29 is 13.2 Å². The third-order valence-electron chi connectivity index (χ3n) is 6.05. The number of para-hydroxylation sites is 1. The normalized spacial score (nSPS) is 19.5. The number of hydrogen-bond acceptors (Lipinski definition) is 6. The van der Waals surface area contributed by atoms with Crippen molar-refractivity contribution in [3.63, 3.8) is 0 Å². The Hall–Kier alpha value is -2.65. The number of nitrogens with zero attached hydrogens (tertiary/aromatic N) is 4. The van der Waals surface area contributed by atoms with E-state index < -0.39 is 9.84 Å². The maximum Gasteiger partial charge on any atom is 0.233 e. The molecule has 2 heterocycles. The van der Waals surface area contributed by atoms with Crippen LogP contribution in [0.1, 0.15) is 36.6 Å². The van der Waals surface area contributed by atoms with E-state index in [0.29, 0.717) is 24.0 Å². The molecule has 2 aromatic carbocycles. The third kappa shape index (κ3) is 5.30. The van der Waals surface area contributed by atoms with E-state index in [4.69, 9.17) is 4.98 Å². The van der Waals surface area contributed by atoms with Crippen LogP contribution in [0.3, 0.4) is 0 Å². The number of amides is 1. The zero-order chi connectivity index (χ0) is 22.8. The Morgan fingerprint density at radius 3 is 2.36 bits per heavy atom. The van der Waals surface area contributed by atoms with E-state index in [2.05, 4.69) is 5.10 Å². The second-order valence-corrected chi connectivity index (χ2v) is 11.8. The molecule has 1 aliphatic carbocycles. The van der Waals surface area contributed by atoms with Gasteiger partial charge in [-0.15, -0.1) is 5.10 Å². The first-order valence-electron chi connectivity index (χ1n) is 11.2. The lowest BCUT2D eigenvalue weighted by Gasteiger charge is -2.28. The number of sulfone groups is 1. The predicted molar refractivity (Wildman–Crippen MR) is 128 cm³/mol. The van der Waals surface area contributed by atoms with Gasteiger partial charge in [0.15, 0.2) is 9.84 Å². The van der Waals surface area contributed by atoms with Gasteiger partial charge in [0, 0.05) is 18.5 Å². The summed E-state index contributed by atoms with van der Waals surface area (Å²) in [6, 6.07) is 19.3. The molecule has 172 valence electrons. The molecule has 0 spiro atoms. The SMILES string of the molecule is O=C(CSc1nc(C2CC2)n(-c2ccccc2)n1)N(Cc1ccccc1)[C@@H]1CCS(=O)(=O)C1. The van der Waals surface area contributed by atoms with Crippen molar-refractivity contribution in [2.24, 2.45) is 0 Å². The molecule has 2 fully saturated rings. The number of rotatable bonds is 8. The fourth-order valence-corrected chi connectivity index (χ4v) is 6.61. The van der Waals surface area contributed by atoms with Gasteiger partial charge in [-0.05, 0) is 37.0 Å². The number of aromatic nitrogens is 3. The first-order valence-corrected chi connectivity index (χ1v) is 14.0. The van der Waals surface area contributed by atoms with Gasteiger partial charge < -0.3 is 4.90 Å². The molecule has 9 heteroatoms. The molecule has 1 aliphatic heterocycles. The molecule has 0 N–H and O–H groups in total. The van der Waals surface area contributed by atoms with Gasteiger partial charge in [-0.25, -0.2) is 18.1 Å². The molecular formula is C24H26N4O3S2. The lowest BCUT2D eigenvalue weighted by Crippen LogP contribution is -2.41. The van der Waals surface area contributed by atoms with E-state index in [0.717, 1.165) is 29.9 Å². The minimum atomic E-state index is -3.10. The lowest BCUT2D eigenvalue weighted by molar-refractivity contribution is -0.130. The van der Waals surface area contributed by atoms with Gasteiger partial charge in [0.1, 0.15) is 5.82 Å². The van der Waals surface area contributed by atoms with Crippen molar-refractivity contribution in [3.05, 3.63) is 72.1 Å². The monoisotopic (exact) mass is 482 g/mol. The Morgan fingerprint density at radius 1 is 1.03 bits per heavy atom. The van der Waals surface area contributed by atoms with Crippen LogP contribution in [0.5, 0.6) is 0 Å². The van der Waals surface area contributed by atoms with Crippen LogP contribution < -0.4 is 0 Å². The molecule has 1 atom stereocenters. The largest absolute Gasteiger partial charge is 0.334 e. The van der Waals surface area contributed by atoms with Crippen LogP contribution in [0.25, 0.3) is 5.69 Å². The van der Waals surface area contributed by atoms with Gasteiger partial charge in [0.05, 0.1) is 22.9 Å². The molecular weight excluding hydrogens is 456 g/mol. The van der Waals surface area contributed by atoms with E-state index in [-0.39, 0.29) is 29.2 Å². The first-order chi connectivity index (χ1) is 16.0. The van der Waals surface area contributed by atoms with E-state index in [1.807, 2.05) is 65.3 Å². The van der Waals surface area contributed by atoms with Crippen LogP contribution >= 0.6 is 11.8 Å². The fraction of sp³-hybridized carbons (Fsp3) is 0.375. The van der Waals surface area contributed by atoms with Crippen LogP contribution in [0.15, 0.2) is 65.8 Å². The van der Waals surface area contributed by atoms with Crippen LogP contribution in [0, 0.1) is 0 Å². The lowest BCUT2D eigenvalue weighted by atomic mass is 10.1. The van der Waals surface area contributed by atoms with E-state index in [1.54, 1.807) is 4.90 Å². The molecule has 5 rings (SSSR count). The van der Waals surface area contributed by atoms with E-state index >= 15 is 0 Å². The zero-order valence-corrected chi connectivity index (χ0v) is 19.8. The molecule has 0 radical (unpaired) electrons. The Kier molecular flexibility index (Phi) is 6.25. The highest BCUT2D eigenvalue weighted by molar-refractivity contribution is 7.99. The number of benzene rings is 2. The van der Waals surface area contributed by atoms with E-state index in [1.165, 1.54) is 11.8 Å².